The molecule has 0 aliphatic heterocycles. The fraction of sp³-hybridized carbons (Fsp3) is 0.250. The van der Waals surface area contributed by atoms with Crippen LogP contribution in [0.5, 0.6) is 0 Å². The first-order valence-electron chi connectivity index (χ1n) is 6.78. The van der Waals surface area contributed by atoms with Crippen molar-refractivity contribution >= 4 is 40.8 Å². The molecule has 0 saturated heterocycles. The lowest BCUT2D eigenvalue weighted by Crippen LogP contribution is -2.21. The second-order valence-corrected chi connectivity index (χ2v) is 5.79. The van der Waals surface area contributed by atoms with Crippen LogP contribution in [0.25, 0.3) is 0 Å². The van der Waals surface area contributed by atoms with E-state index in [1.165, 1.54) is 0 Å². The molecule has 1 aromatic heterocycles. The molecule has 23 heavy (non-hydrogen) atoms. The second-order valence-electron chi connectivity index (χ2n) is 5.00. The maximum absolute atomic E-state index is 11.9. The van der Waals surface area contributed by atoms with E-state index < -0.39 is 18.5 Å². The van der Waals surface area contributed by atoms with Gasteiger partial charge in [0.05, 0.1) is 15.7 Å². The van der Waals surface area contributed by atoms with Crippen LogP contribution in [0.2, 0.25) is 10.0 Å². The molecular weight excluding hydrogens is 341 g/mol. The zero-order chi connectivity index (χ0) is 17.1. The third kappa shape index (κ3) is 4.06. The van der Waals surface area contributed by atoms with Crippen LogP contribution in [0.15, 0.2) is 22.6 Å². The van der Waals surface area contributed by atoms with E-state index in [4.69, 9.17) is 32.4 Å². The second kappa shape index (κ2) is 7.06. The molecule has 2 rings (SSSR count). The van der Waals surface area contributed by atoms with Gasteiger partial charge in [-0.3, -0.25) is 4.79 Å². The third-order valence-corrected chi connectivity index (χ3v) is 3.95. The van der Waals surface area contributed by atoms with Crippen LogP contribution < -0.4 is 5.32 Å². The van der Waals surface area contributed by atoms with E-state index in [1.54, 1.807) is 39.0 Å². The number of ether oxygens (including phenoxy) is 1. The first-order chi connectivity index (χ1) is 10.8. The SMILES string of the molecule is Cc1cc(C(=O)OCC(=O)Nc2c(Cl)ccc(C)c2Cl)c(C)o1. The highest BCUT2D eigenvalue weighted by Crippen LogP contribution is 2.32. The minimum absolute atomic E-state index is 0.293. The Morgan fingerprint density at radius 2 is 1.91 bits per heavy atom. The van der Waals surface area contributed by atoms with E-state index in [9.17, 15) is 9.59 Å². The molecule has 1 heterocycles. The summed E-state index contributed by atoms with van der Waals surface area (Å²) in [7, 11) is 0. The molecule has 0 aliphatic rings. The smallest absolute Gasteiger partial charge is 0.342 e. The standard InChI is InChI=1S/C16H15Cl2NO4/c1-8-4-5-12(17)15(14(8)18)19-13(20)7-22-16(21)11-6-9(2)23-10(11)3/h4-6H,7H2,1-3H3,(H,19,20). The number of carbonyl (C=O) groups is 2. The Morgan fingerprint density at radius 1 is 1.22 bits per heavy atom. The lowest BCUT2D eigenvalue weighted by Gasteiger charge is -2.11. The summed E-state index contributed by atoms with van der Waals surface area (Å²) >= 11 is 12.1. The Labute approximate surface area is 143 Å². The number of aryl methyl sites for hydroxylation is 3. The van der Waals surface area contributed by atoms with Gasteiger partial charge in [0.15, 0.2) is 6.61 Å². The number of halogens is 2. The summed E-state index contributed by atoms with van der Waals surface area (Å²) in [5, 5.41) is 3.20. The number of esters is 1. The molecule has 0 radical (unpaired) electrons. The molecule has 7 heteroatoms. The molecule has 1 aromatic carbocycles. The van der Waals surface area contributed by atoms with Gasteiger partial charge in [-0.05, 0) is 38.5 Å². The molecule has 122 valence electrons. The minimum Gasteiger partial charge on any atom is -0.466 e. The van der Waals surface area contributed by atoms with Crippen LogP contribution in [-0.4, -0.2) is 18.5 Å². The van der Waals surface area contributed by atoms with Crippen molar-refractivity contribution in [3.8, 4) is 0 Å². The van der Waals surface area contributed by atoms with E-state index in [1.807, 2.05) is 0 Å². The zero-order valence-electron chi connectivity index (χ0n) is 12.8. The first kappa shape index (κ1) is 17.4. The van der Waals surface area contributed by atoms with Gasteiger partial charge in [-0.2, -0.15) is 0 Å². The summed E-state index contributed by atoms with van der Waals surface area (Å²) in [6.45, 7) is 4.70. The first-order valence-corrected chi connectivity index (χ1v) is 7.53. The molecule has 0 spiro atoms. The Hall–Kier alpha value is -1.98. The Bertz CT molecular complexity index is 768. The molecule has 2 aromatic rings. The quantitative estimate of drug-likeness (QED) is 0.829. The molecule has 0 fully saturated rings. The molecule has 1 amide bonds. The van der Waals surface area contributed by atoms with Crippen LogP contribution in [-0.2, 0) is 9.53 Å². The summed E-state index contributed by atoms with van der Waals surface area (Å²) in [5.74, 6) is -0.128. The van der Waals surface area contributed by atoms with Gasteiger partial charge in [-0.15, -0.1) is 0 Å². The predicted molar refractivity (Wildman–Crippen MR) is 88.3 cm³/mol. The van der Waals surface area contributed by atoms with Crippen LogP contribution in [0.3, 0.4) is 0 Å². The Morgan fingerprint density at radius 3 is 2.52 bits per heavy atom. The van der Waals surface area contributed by atoms with Gasteiger partial charge in [0, 0.05) is 0 Å². The van der Waals surface area contributed by atoms with Gasteiger partial charge in [0.25, 0.3) is 5.91 Å². The summed E-state index contributed by atoms with van der Waals surface area (Å²) in [6, 6.07) is 4.93. The normalized spacial score (nSPS) is 10.5. The van der Waals surface area contributed by atoms with E-state index in [-0.39, 0.29) is 0 Å². The lowest BCUT2D eigenvalue weighted by atomic mass is 10.2. The molecule has 5 nitrogen and oxygen atoms in total. The third-order valence-electron chi connectivity index (χ3n) is 3.14. The highest BCUT2D eigenvalue weighted by Gasteiger charge is 2.17. The van der Waals surface area contributed by atoms with Crippen LogP contribution >= 0.6 is 23.2 Å². The average Bonchev–Trinajstić information content (AvgIpc) is 2.84. The molecule has 0 aliphatic carbocycles. The number of hydrogen-bond acceptors (Lipinski definition) is 4. The minimum atomic E-state index is -0.629. The van der Waals surface area contributed by atoms with E-state index in [0.29, 0.717) is 32.8 Å². The Balaban J connectivity index is 2.00. The van der Waals surface area contributed by atoms with Gasteiger partial charge in [0.1, 0.15) is 17.1 Å². The van der Waals surface area contributed by atoms with E-state index in [0.717, 1.165) is 5.56 Å². The van der Waals surface area contributed by atoms with E-state index in [2.05, 4.69) is 5.32 Å². The van der Waals surface area contributed by atoms with Crippen molar-refractivity contribution in [1.29, 1.82) is 0 Å². The van der Waals surface area contributed by atoms with Crippen LogP contribution in [0.4, 0.5) is 5.69 Å². The van der Waals surface area contributed by atoms with Crippen molar-refractivity contribution in [2.24, 2.45) is 0 Å². The van der Waals surface area contributed by atoms with Gasteiger partial charge in [-0.1, -0.05) is 29.3 Å². The maximum Gasteiger partial charge on any atom is 0.342 e. The molecule has 0 unspecified atom stereocenters. The summed E-state index contributed by atoms with van der Waals surface area (Å²) in [4.78, 5) is 23.8. The van der Waals surface area contributed by atoms with Gasteiger partial charge in [-0.25, -0.2) is 4.79 Å². The average molecular weight is 356 g/mol. The zero-order valence-corrected chi connectivity index (χ0v) is 14.3. The largest absolute Gasteiger partial charge is 0.466 e. The van der Waals surface area contributed by atoms with Crippen molar-refractivity contribution in [2.75, 3.05) is 11.9 Å². The molecule has 1 N–H and O–H groups in total. The number of amides is 1. The monoisotopic (exact) mass is 355 g/mol. The summed E-state index contributed by atoms with van der Waals surface area (Å²) in [6.07, 6.45) is 0. The highest BCUT2D eigenvalue weighted by molar-refractivity contribution is 6.40. The summed E-state index contributed by atoms with van der Waals surface area (Å²) < 4.78 is 10.2. The highest BCUT2D eigenvalue weighted by atomic mass is 35.5. The number of furan rings is 1. The van der Waals surface area contributed by atoms with Crippen molar-refractivity contribution in [3.63, 3.8) is 0 Å². The molecule has 0 bridgehead atoms. The molecular formula is C16H15Cl2NO4. The van der Waals surface area contributed by atoms with Gasteiger partial charge < -0.3 is 14.5 Å². The van der Waals surface area contributed by atoms with Crippen molar-refractivity contribution in [2.45, 2.75) is 20.8 Å². The summed E-state index contributed by atoms with van der Waals surface area (Å²) in [5.41, 5.74) is 1.36. The predicted octanol–water partition coefficient (Wildman–Crippen LogP) is 4.31. The number of rotatable bonds is 4. The molecule has 0 saturated carbocycles. The van der Waals surface area contributed by atoms with E-state index >= 15 is 0 Å². The van der Waals surface area contributed by atoms with Crippen molar-refractivity contribution in [3.05, 3.63) is 50.9 Å². The number of anilines is 1. The van der Waals surface area contributed by atoms with Crippen LogP contribution in [0.1, 0.15) is 27.4 Å². The fourth-order valence-electron chi connectivity index (χ4n) is 1.99. The van der Waals surface area contributed by atoms with Crippen molar-refractivity contribution in [1.82, 2.24) is 0 Å². The number of benzene rings is 1. The number of nitrogens with one attached hydrogen (secondary N) is 1. The Kier molecular flexibility index (Phi) is 5.34. The van der Waals surface area contributed by atoms with Gasteiger partial charge in [0.2, 0.25) is 0 Å². The lowest BCUT2D eigenvalue weighted by molar-refractivity contribution is -0.119. The number of carbonyl (C=O) groups excluding carboxylic acids is 2. The number of hydrogen-bond donors (Lipinski definition) is 1. The van der Waals surface area contributed by atoms with Crippen LogP contribution in [0, 0.1) is 20.8 Å². The fourth-order valence-corrected chi connectivity index (χ4v) is 2.45. The topological polar surface area (TPSA) is 68.5 Å². The van der Waals surface area contributed by atoms with Crippen molar-refractivity contribution < 1.29 is 18.7 Å². The molecule has 0 atom stereocenters. The maximum atomic E-state index is 11.9. The van der Waals surface area contributed by atoms with Gasteiger partial charge >= 0.3 is 5.97 Å².